The lowest BCUT2D eigenvalue weighted by Gasteiger charge is -2.28. The second kappa shape index (κ2) is 8.04. The monoisotopic (exact) mass is 415 g/mol. The van der Waals surface area contributed by atoms with Gasteiger partial charge in [-0.25, -0.2) is 4.79 Å². The van der Waals surface area contributed by atoms with E-state index in [-0.39, 0.29) is 11.6 Å². The zero-order chi connectivity index (χ0) is 21.4. The second-order valence-corrected chi connectivity index (χ2v) is 8.15. The van der Waals surface area contributed by atoms with Crippen LogP contribution in [0.3, 0.4) is 0 Å². The number of benzene rings is 2. The number of aromatic carboxylic acids is 1. The first-order valence-corrected chi connectivity index (χ1v) is 10.6. The standard InChI is InChI=1S/C25H25N3O3/c1-15-10-24-18(6-9-31-24)12-21(15)16-2-3-19-17(11-16)4-8-27-23(19)14-28-22-13-26-7-5-20(22)25(29)30/h2-3,5,7,10-13,23,27-28H,4,6,8-9,14H2,1H3,(H,29,30)/t23-/m0/s1. The fraction of sp³-hybridized carbons (Fsp3) is 0.280. The average molecular weight is 415 g/mol. The maximum absolute atomic E-state index is 11.5. The molecular formula is C25H25N3O3. The first kappa shape index (κ1) is 19.6. The summed E-state index contributed by atoms with van der Waals surface area (Å²) >= 11 is 0. The molecule has 6 nitrogen and oxygen atoms in total. The maximum Gasteiger partial charge on any atom is 0.337 e. The van der Waals surface area contributed by atoms with Gasteiger partial charge in [-0.3, -0.25) is 4.98 Å². The number of aromatic nitrogens is 1. The smallest absolute Gasteiger partial charge is 0.337 e. The molecule has 0 saturated heterocycles. The van der Waals surface area contributed by atoms with Gasteiger partial charge >= 0.3 is 5.97 Å². The van der Waals surface area contributed by atoms with Gasteiger partial charge in [0.25, 0.3) is 0 Å². The predicted molar refractivity (Wildman–Crippen MR) is 120 cm³/mol. The lowest BCUT2D eigenvalue weighted by Crippen LogP contribution is -2.34. The largest absolute Gasteiger partial charge is 0.493 e. The van der Waals surface area contributed by atoms with E-state index in [1.165, 1.54) is 45.6 Å². The summed E-state index contributed by atoms with van der Waals surface area (Å²) in [7, 11) is 0. The van der Waals surface area contributed by atoms with Crippen molar-refractivity contribution >= 4 is 11.7 Å². The van der Waals surface area contributed by atoms with Crippen LogP contribution in [-0.2, 0) is 12.8 Å². The van der Waals surface area contributed by atoms with E-state index in [4.69, 9.17) is 4.74 Å². The minimum absolute atomic E-state index is 0.106. The second-order valence-electron chi connectivity index (χ2n) is 8.15. The number of carboxylic acids is 1. The molecule has 2 aromatic carbocycles. The number of rotatable bonds is 5. The average Bonchev–Trinajstić information content (AvgIpc) is 3.24. The molecule has 31 heavy (non-hydrogen) atoms. The van der Waals surface area contributed by atoms with Crippen molar-refractivity contribution in [1.29, 1.82) is 0 Å². The third kappa shape index (κ3) is 3.75. The van der Waals surface area contributed by atoms with Crippen LogP contribution in [0.25, 0.3) is 11.1 Å². The summed E-state index contributed by atoms with van der Waals surface area (Å²) in [6.45, 7) is 4.38. The highest BCUT2D eigenvalue weighted by molar-refractivity contribution is 5.93. The minimum atomic E-state index is -0.957. The molecule has 3 heterocycles. The summed E-state index contributed by atoms with van der Waals surface area (Å²) in [6, 6.07) is 12.7. The van der Waals surface area contributed by atoms with Crippen molar-refractivity contribution in [1.82, 2.24) is 10.3 Å². The molecule has 2 aliphatic heterocycles. The fourth-order valence-corrected chi connectivity index (χ4v) is 4.57. The Morgan fingerprint density at radius 2 is 2.13 bits per heavy atom. The zero-order valence-electron chi connectivity index (χ0n) is 17.4. The topological polar surface area (TPSA) is 83.5 Å². The third-order valence-corrected chi connectivity index (χ3v) is 6.20. The van der Waals surface area contributed by atoms with E-state index in [0.29, 0.717) is 12.2 Å². The summed E-state index contributed by atoms with van der Waals surface area (Å²) in [5.41, 5.74) is 8.38. The van der Waals surface area contributed by atoms with E-state index < -0.39 is 5.97 Å². The number of nitrogens with one attached hydrogen (secondary N) is 2. The molecule has 1 atom stereocenters. The Kier molecular flexibility index (Phi) is 5.08. The number of fused-ring (bicyclic) bond motifs is 2. The van der Waals surface area contributed by atoms with Crippen LogP contribution >= 0.6 is 0 Å². The number of pyridine rings is 1. The number of anilines is 1. The van der Waals surface area contributed by atoms with Crippen LogP contribution in [0.5, 0.6) is 5.75 Å². The van der Waals surface area contributed by atoms with Crippen molar-refractivity contribution in [2.45, 2.75) is 25.8 Å². The third-order valence-electron chi connectivity index (χ3n) is 6.20. The molecule has 3 aromatic rings. The molecule has 0 radical (unpaired) electrons. The van der Waals surface area contributed by atoms with Crippen molar-refractivity contribution in [2.24, 2.45) is 0 Å². The highest BCUT2D eigenvalue weighted by Crippen LogP contribution is 2.35. The van der Waals surface area contributed by atoms with Crippen molar-refractivity contribution in [2.75, 3.05) is 25.0 Å². The Balaban J connectivity index is 1.40. The molecular weight excluding hydrogens is 390 g/mol. The van der Waals surface area contributed by atoms with Gasteiger partial charge in [0, 0.05) is 25.2 Å². The molecule has 0 amide bonds. The molecule has 2 aliphatic rings. The summed E-state index contributed by atoms with van der Waals surface area (Å²) in [5, 5.41) is 16.2. The van der Waals surface area contributed by atoms with Gasteiger partial charge in [-0.05, 0) is 71.5 Å². The number of aryl methyl sites for hydroxylation is 1. The number of hydrogen-bond donors (Lipinski definition) is 3. The molecule has 1 aromatic heterocycles. The Morgan fingerprint density at radius 1 is 1.23 bits per heavy atom. The number of hydrogen-bond acceptors (Lipinski definition) is 5. The summed E-state index contributed by atoms with van der Waals surface area (Å²) in [4.78, 5) is 15.5. The first-order chi connectivity index (χ1) is 15.1. The SMILES string of the molecule is Cc1cc2c(cc1-c1ccc3c(c1)CCN[C@H]3CNc1cnccc1C(=O)O)CCO2. The van der Waals surface area contributed by atoms with E-state index >= 15 is 0 Å². The molecule has 0 spiro atoms. The van der Waals surface area contributed by atoms with E-state index in [2.05, 4.69) is 52.9 Å². The van der Waals surface area contributed by atoms with Crippen LogP contribution in [0.4, 0.5) is 5.69 Å². The minimum Gasteiger partial charge on any atom is -0.493 e. The van der Waals surface area contributed by atoms with E-state index in [1.807, 2.05) is 0 Å². The van der Waals surface area contributed by atoms with Gasteiger partial charge in [-0.2, -0.15) is 0 Å². The molecule has 5 rings (SSSR count). The van der Waals surface area contributed by atoms with Crippen LogP contribution in [0, 0.1) is 6.92 Å². The lowest BCUT2D eigenvalue weighted by atomic mass is 9.89. The number of carboxylic acid groups (broad SMARTS) is 1. The summed E-state index contributed by atoms with van der Waals surface area (Å²) in [6.07, 6.45) is 5.01. The summed E-state index contributed by atoms with van der Waals surface area (Å²) < 4.78 is 5.70. The van der Waals surface area contributed by atoms with Gasteiger partial charge in [-0.15, -0.1) is 0 Å². The van der Waals surface area contributed by atoms with Crippen LogP contribution in [0.1, 0.15) is 38.7 Å². The highest BCUT2D eigenvalue weighted by atomic mass is 16.5. The van der Waals surface area contributed by atoms with Crippen molar-refractivity contribution in [3.05, 3.63) is 76.6 Å². The van der Waals surface area contributed by atoms with Crippen LogP contribution in [0.15, 0.2) is 48.8 Å². The Bertz CT molecular complexity index is 1160. The van der Waals surface area contributed by atoms with Crippen molar-refractivity contribution in [3.63, 3.8) is 0 Å². The Hall–Kier alpha value is -3.38. The molecule has 0 aliphatic carbocycles. The van der Waals surface area contributed by atoms with Crippen LogP contribution in [0.2, 0.25) is 0 Å². The molecule has 3 N–H and O–H groups in total. The number of carbonyl (C=O) groups is 1. The highest BCUT2D eigenvalue weighted by Gasteiger charge is 2.22. The quantitative estimate of drug-likeness (QED) is 0.585. The number of ether oxygens (including phenoxy) is 1. The van der Waals surface area contributed by atoms with E-state index in [0.717, 1.165) is 31.7 Å². The van der Waals surface area contributed by atoms with Gasteiger partial charge in [-0.1, -0.05) is 18.2 Å². The predicted octanol–water partition coefficient (Wildman–Crippen LogP) is 3.99. The normalized spacial score (nSPS) is 16.9. The van der Waals surface area contributed by atoms with Crippen molar-refractivity contribution in [3.8, 4) is 16.9 Å². The molecule has 0 bridgehead atoms. The first-order valence-electron chi connectivity index (χ1n) is 10.6. The van der Waals surface area contributed by atoms with E-state index in [1.54, 1.807) is 6.20 Å². The maximum atomic E-state index is 11.5. The molecule has 0 unspecified atom stereocenters. The van der Waals surface area contributed by atoms with Gasteiger partial charge in [0.2, 0.25) is 0 Å². The molecule has 6 heteroatoms. The Morgan fingerprint density at radius 3 is 3.00 bits per heavy atom. The molecule has 0 saturated carbocycles. The molecule has 0 fully saturated rings. The Labute approximate surface area is 181 Å². The lowest BCUT2D eigenvalue weighted by molar-refractivity contribution is 0.0697. The van der Waals surface area contributed by atoms with Gasteiger partial charge in [0.1, 0.15) is 5.75 Å². The van der Waals surface area contributed by atoms with Gasteiger partial charge < -0.3 is 20.5 Å². The van der Waals surface area contributed by atoms with E-state index in [9.17, 15) is 9.90 Å². The zero-order valence-corrected chi connectivity index (χ0v) is 17.4. The summed E-state index contributed by atoms with van der Waals surface area (Å²) in [5.74, 6) is 0.0624. The number of nitrogens with zero attached hydrogens (tertiary/aromatic N) is 1. The van der Waals surface area contributed by atoms with Crippen LogP contribution < -0.4 is 15.4 Å². The van der Waals surface area contributed by atoms with Crippen LogP contribution in [-0.4, -0.2) is 35.8 Å². The van der Waals surface area contributed by atoms with Gasteiger partial charge in [0.15, 0.2) is 0 Å². The molecule has 158 valence electrons. The van der Waals surface area contributed by atoms with Gasteiger partial charge in [0.05, 0.1) is 24.1 Å². The fourth-order valence-electron chi connectivity index (χ4n) is 4.57. The van der Waals surface area contributed by atoms with Crippen molar-refractivity contribution < 1.29 is 14.6 Å².